The molecule has 1 saturated heterocycles. The Labute approximate surface area is 179 Å². The monoisotopic (exact) mass is 429 g/mol. The van der Waals surface area contributed by atoms with E-state index in [1.807, 2.05) is 12.1 Å². The van der Waals surface area contributed by atoms with Gasteiger partial charge in [-0.25, -0.2) is 8.42 Å². The second kappa shape index (κ2) is 10.1. The van der Waals surface area contributed by atoms with Crippen LogP contribution in [0.2, 0.25) is 0 Å². The molecule has 2 N–H and O–H groups in total. The lowest BCUT2D eigenvalue weighted by Crippen LogP contribution is -2.25. The van der Waals surface area contributed by atoms with E-state index in [2.05, 4.69) is 27.1 Å². The molecule has 1 aliphatic heterocycles. The van der Waals surface area contributed by atoms with E-state index in [-0.39, 0.29) is 5.91 Å². The summed E-state index contributed by atoms with van der Waals surface area (Å²) in [4.78, 5) is 15.1. The highest BCUT2D eigenvalue weighted by Crippen LogP contribution is 2.18. The molecule has 0 bridgehead atoms. The lowest BCUT2D eigenvalue weighted by molar-refractivity contribution is 0.0951. The predicted molar refractivity (Wildman–Crippen MR) is 121 cm³/mol. The zero-order chi connectivity index (χ0) is 21.6. The molecule has 1 heterocycles. The minimum Gasteiger partial charge on any atom is -0.348 e. The van der Waals surface area contributed by atoms with Crippen LogP contribution in [0.3, 0.4) is 0 Å². The number of hydrogen-bond acceptors (Lipinski definition) is 4. The van der Waals surface area contributed by atoms with E-state index in [0.29, 0.717) is 17.8 Å². The summed E-state index contributed by atoms with van der Waals surface area (Å²) < 4.78 is 25.5. The molecule has 2 aromatic carbocycles. The topological polar surface area (TPSA) is 78.5 Å². The highest BCUT2D eigenvalue weighted by molar-refractivity contribution is 7.92. The van der Waals surface area contributed by atoms with Crippen molar-refractivity contribution in [3.63, 3.8) is 0 Å². The van der Waals surface area contributed by atoms with Gasteiger partial charge in [0.2, 0.25) is 10.0 Å². The summed E-state index contributed by atoms with van der Waals surface area (Å²) in [6.07, 6.45) is 6.27. The number of nitrogens with one attached hydrogen (secondary N) is 2. The van der Waals surface area contributed by atoms with Gasteiger partial charge in [0.05, 0.1) is 11.9 Å². The molecule has 0 saturated carbocycles. The Kier molecular flexibility index (Phi) is 7.50. The van der Waals surface area contributed by atoms with Crippen LogP contribution in [0.1, 0.15) is 52.7 Å². The van der Waals surface area contributed by atoms with Crippen LogP contribution in [0.4, 0.5) is 5.69 Å². The number of aryl methyl sites for hydroxylation is 1. The minimum atomic E-state index is -3.40. The van der Waals surface area contributed by atoms with Gasteiger partial charge in [0.1, 0.15) is 0 Å². The number of carbonyl (C=O) groups is 1. The molecule has 3 rings (SSSR count). The van der Waals surface area contributed by atoms with E-state index < -0.39 is 10.0 Å². The van der Waals surface area contributed by atoms with Gasteiger partial charge in [-0.3, -0.25) is 14.4 Å². The van der Waals surface area contributed by atoms with E-state index in [1.165, 1.54) is 31.2 Å². The van der Waals surface area contributed by atoms with E-state index in [1.54, 1.807) is 25.1 Å². The summed E-state index contributed by atoms with van der Waals surface area (Å²) in [7, 11) is -3.40. The number of benzene rings is 2. The Morgan fingerprint density at radius 2 is 1.70 bits per heavy atom. The molecular weight excluding hydrogens is 398 g/mol. The van der Waals surface area contributed by atoms with Crippen LogP contribution >= 0.6 is 0 Å². The van der Waals surface area contributed by atoms with Crippen molar-refractivity contribution in [2.24, 2.45) is 0 Å². The summed E-state index contributed by atoms with van der Waals surface area (Å²) in [6.45, 7) is 5.47. The first-order chi connectivity index (χ1) is 14.3. The first kappa shape index (κ1) is 22.3. The molecule has 0 radical (unpaired) electrons. The number of amides is 1. The molecule has 1 fully saturated rings. The molecule has 6 nitrogen and oxygen atoms in total. The smallest absolute Gasteiger partial charge is 0.251 e. The fourth-order valence-electron chi connectivity index (χ4n) is 3.75. The van der Waals surface area contributed by atoms with Gasteiger partial charge in [0.15, 0.2) is 0 Å². The molecule has 30 heavy (non-hydrogen) atoms. The van der Waals surface area contributed by atoms with E-state index in [4.69, 9.17) is 0 Å². The fourth-order valence-corrected chi connectivity index (χ4v) is 4.37. The number of nitrogens with zero attached hydrogens (tertiary/aromatic N) is 1. The maximum Gasteiger partial charge on any atom is 0.251 e. The van der Waals surface area contributed by atoms with Gasteiger partial charge < -0.3 is 5.32 Å². The average molecular weight is 430 g/mol. The van der Waals surface area contributed by atoms with Gasteiger partial charge in [-0.1, -0.05) is 43.2 Å². The highest BCUT2D eigenvalue weighted by atomic mass is 32.2. The third kappa shape index (κ3) is 6.85. The average Bonchev–Trinajstić information content (AvgIpc) is 2.96. The Hall–Kier alpha value is -2.38. The van der Waals surface area contributed by atoms with Crippen LogP contribution in [-0.4, -0.2) is 38.6 Å². The Morgan fingerprint density at radius 1 is 1.00 bits per heavy atom. The quantitative estimate of drug-likeness (QED) is 0.704. The summed E-state index contributed by atoms with van der Waals surface area (Å²) in [5.74, 6) is -0.232. The summed E-state index contributed by atoms with van der Waals surface area (Å²) in [5.41, 5.74) is 3.92. The van der Waals surface area contributed by atoms with Crippen molar-refractivity contribution in [2.75, 3.05) is 24.1 Å². The van der Waals surface area contributed by atoms with Crippen LogP contribution in [0.15, 0.2) is 42.5 Å². The Bertz CT molecular complexity index is 981. The number of hydrogen-bond donors (Lipinski definition) is 2. The van der Waals surface area contributed by atoms with E-state index >= 15 is 0 Å². The Morgan fingerprint density at radius 3 is 2.40 bits per heavy atom. The zero-order valence-corrected chi connectivity index (χ0v) is 18.6. The first-order valence-corrected chi connectivity index (χ1v) is 12.4. The molecule has 1 aliphatic rings. The molecule has 0 aliphatic carbocycles. The standard InChI is InChI=1S/C23H31N3O3S/c1-18-10-11-21(15-22(18)25-30(2,28)29)23(27)24-16-19-8-7-9-20(14-19)17-26-12-5-3-4-6-13-26/h7-11,14-15,25H,3-6,12-13,16-17H2,1-2H3,(H,24,27). The van der Waals surface area contributed by atoms with Crippen LogP contribution in [-0.2, 0) is 23.1 Å². The number of carbonyl (C=O) groups excluding carboxylic acids is 1. The molecule has 0 atom stereocenters. The number of sulfonamides is 1. The van der Waals surface area contributed by atoms with Gasteiger partial charge >= 0.3 is 0 Å². The van der Waals surface area contributed by atoms with Crippen molar-refractivity contribution >= 4 is 21.6 Å². The maximum atomic E-state index is 12.6. The molecule has 0 unspecified atom stereocenters. The summed E-state index contributed by atoms with van der Waals surface area (Å²) in [6, 6.07) is 13.3. The van der Waals surface area contributed by atoms with E-state index in [9.17, 15) is 13.2 Å². The highest BCUT2D eigenvalue weighted by Gasteiger charge is 2.12. The van der Waals surface area contributed by atoms with Crippen LogP contribution in [0.25, 0.3) is 0 Å². The summed E-state index contributed by atoms with van der Waals surface area (Å²) >= 11 is 0. The first-order valence-electron chi connectivity index (χ1n) is 10.5. The normalized spacial score (nSPS) is 15.4. The fraction of sp³-hybridized carbons (Fsp3) is 0.435. The van der Waals surface area contributed by atoms with Crippen molar-refractivity contribution < 1.29 is 13.2 Å². The molecule has 1 amide bonds. The van der Waals surface area contributed by atoms with Gasteiger partial charge in [-0.15, -0.1) is 0 Å². The summed E-state index contributed by atoms with van der Waals surface area (Å²) in [5, 5.41) is 2.94. The van der Waals surface area contributed by atoms with Gasteiger partial charge in [0.25, 0.3) is 5.91 Å². The molecule has 162 valence electrons. The van der Waals surface area contributed by atoms with Crippen LogP contribution in [0, 0.1) is 6.92 Å². The van der Waals surface area contributed by atoms with Crippen molar-refractivity contribution in [1.82, 2.24) is 10.2 Å². The molecule has 0 aromatic heterocycles. The molecule has 2 aromatic rings. The van der Waals surface area contributed by atoms with Crippen molar-refractivity contribution in [3.05, 3.63) is 64.7 Å². The lowest BCUT2D eigenvalue weighted by atomic mass is 10.1. The van der Waals surface area contributed by atoms with Crippen LogP contribution in [0.5, 0.6) is 0 Å². The van der Waals surface area contributed by atoms with Gasteiger partial charge in [0, 0.05) is 18.7 Å². The third-order valence-electron chi connectivity index (χ3n) is 5.34. The second-order valence-electron chi connectivity index (χ2n) is 8.10. The van der Waals surface area contributed by atoms with Crippen molar-refractivity contribution in [2.45, 2.75) is 45.7 Å². The largest absolute Gasteiger partial charge is 0.348 e. The maximum absolute atomic E-state index is 12.6. The minimum absolute atomic E-state index is 0.232. The lowest BCUT2D eigenvalue weighted by Gasteiger charge is -2.20. The second-order valence-corrected chi connectivity index (χ2v) is 9.85. The van der Waals surface area contributed by atoms with Crippen molar-refractivity contribution in [3.8, 4) is 0 Å². The number of likely N-dealkylation sites (tertiary alicyclic amines) is 1. The molecular formula is C23H31N3O3S. The Balaban J connectivity index is 1.61. The van der Waals surface area contributed by atoms with Crippen LogP contribution < -0.4 is 10.0 Å². The third-order valence-corrected chi connectivity index (χ3v) is 5.94. The molecule has 0 spiro atoms. The SMILES string of the molecule is Cc1ccc(C(=O)NCc2cccc(CN3CCCCCC3)c2)cc1NS(C)(=O)=O. The predicted octanol–water partition coefficient (Wildman–Crippen LogP) is 3.67. The van der Waals surface area contributed by atoms with E-state index in [0.717, 1.165) is 37.0 Å². The van der Waals surface area contributed by atoms with Crippen molar-refractivity contribution in [1.29, 1.82) is 0 Å². The zero-order valence-electron chi connectivity index (χ0n) is 17.8. The van der Waals surface area contributed by atoms with Gasteiger partial charge in [-0.2, -0.15) is 0 Å². The number of anilines is 1. The number of rotatable bonds is 7. The molecule has 7 heteroatoms. The van der Waals surface area contributed by atoms with Gasteiger partial charge in [-0.05, 0) is 61.7 Å².